The van der Waals surface area contributed by atoms with E-state index in [1.165, 1.54) is 0 Å². The number of hydrogen-bond acceptors (Lipinski definition) is 5. The van der Waals surface area contributed by atoms with Crippen molar-refractivity contribution in [3.05, 3.63) is 11.7 Å². The molecule has 0 radical (unpaired) electrons. The maximum absolute atomic E-state index is 11.8. The second kappa shape index (κ2) is 5.48. The fraction of sp³-hybridized carbons (Fsp3) is 0.750. The topological polar surface area (TPSA) is 62.5 Å². The van der Waals surface area contributed by atoms with Crippen LogP contribution in [-0.4, -0.2) is 53.0 Å². The molecular weight excluding hydrogens is 232 g/mol. The maximum atomic E-state index is 11.8. The average molecular weight is 252 g/mol. The molecule has 2 rings (SSSR count). The van der Waals surface area contributed by atoms with Gasteiger partial charge in [-0.1, -0.05) is 5.16 Å². The van der Waals surface area contributed by atoms with E-state index in [9.17, 15) is 4.79 Å². The molecule has 1 aliphatic rings. The van der Waals surface area contributed by atoms with Gasteiger partial charge in [-0.2, -0.15) is 4.98 Å². The van der Waals surface area contributed by atoms with Crippen LogP contribution in [0.5, 0.6) is 0 Å². The van der Waals surface area contributed by atoms with Gasteiger partial charge >= 0.3 is 0 Å². The Morgan fingerprint density at radius 2 is 2.11 bits per heavy atom. The van der Waals surface area contributed by atoms with Crippen molar-refractivity contribution in [1.29, 1.82) is 0 Å². The predicted octanol–water partition coefficient (Wildman–Crippen LogP) is 0.678. The van der Waals surface area contributed by atoms with E-state index in [4.69, 9.17) is 4.52 Å². The monoisotopic (exact) mass is 252 g/mol. The van der Waals surface area contributed by atoms with E-state index in [0.717, 1.165) is 25.9 Å². The van der Waals surface area contributed by atoms with Gasteiger partial charge in [0.05, 0.1) is 6.54 Å². The van der Waals surface area contributed by atoms with Gasteiger partial charge in [0.15, 0.2) is 5.82 Å². The molecular formula is C12H20N4O2. The van der Waals surface area contributed by atoms with Gasteiger partial charge in [-0.25, -0.2) is 0 Å². The minimum atomic E-state index is 0.167. The summed E-state index contributed by atoms with van der Waals surface area (Å²) in [5.41, 5.74) is 0. The van der Waals surface area contributed by atoms with Crippen molar-refractivity contribution in [3.8, 4) is 0 Å². The van der Waals surface area contributed by atoms with Crippen LogP contribution in [0.3, 0.4) is 0 Å². The van der Waals surface area contributed by atoms with Gasteiger partial charge < -0.3 is 9.42 Å². The first-order valence-electron chi connectivity index (χ1n) is 6.29. The van der Waals surface area contributed by atoms with Crippen molar-refractivity contribution in [2.24, 2.45) is 5.92 Å². The van der Waals surface area contributed by atoms with E-state index in [1.807, 2.05) is 21.0 Å². The molecule has 1 aromatic rings. The molecule has 1 aromatic heterocycles. The van der Waals surface area contributed by atoms with Crippen LogP contribution >= 0.6 is 0 Å². The normalized spacial score (nSPS) is 17.9. The van der Waals surface area contributed by atoms with Crippen molar-refractivity contribution in [1.82, 2.24) is 19.9 Å². The first-order chi connectivity index (χ1) is 8.56. The van der Waals surface area contributed by atoms with Gasteiger partial charge in [-0.15, -0.1) is 0 Å². The third kappa shape index (κ3) is 3.07. The second-order valence-electron chi connectivity index (χ2n) is 5.02. The molecule has 0 aromatic carbocycles. The van der Waals surface area contributed by atoms with Crippen LogP contribution in [-0.2, 0) is 11.3 Å². The summed E-state index contributed by atoms with van der Waals surface area (Å²) in [7, 11) is 3.63. The Bertz CT molecular complexity index is 408. The largest absolute Gasteiger partial charge is 0.349 e. The molecule has 100 valence electrons. The number of carbonyl (C=O) groups is 1. The summed E-state index contributed by atoms with van der Waals surface area (Å²) in [6.45, 7) is 4.32. The first-order valence-corrected chi connectivity index (χ1v) is 6.29. The lowest BCUT2D eigenvalue weighted by atomic mass is 9.95. The number of aromatic nitrogens is 2. The van der Waals surface area contributed by atoms with Crippen molar-refractivity contribution in [3.63, 3.8) is 0 Å². The lowest BCUT2D eigenvalue weighted by Gasteiger charge is -2.31. The molecule has 0 atom stereocenters. The first kappa shape index (κ1) is 13.0. The molecule has 2 heterocycles. The Hall–Kier alpha value is -1.43. The van der Waals surface area contributed by atoms with Crippen LogP contribution in [0.25, 0.3) is 0 Å². The fourth-order valence-corrected chi connectivity index (χ4v) is 2.30. The zero-order valence-electron chi connectivity index (χ0n) is 11.2. The smallest absolute Gasteiger partial charge is 0.240 e. The SMILES string of the molecule is Cc1noc(CN2CCC(C(=O)N(C)C)CC2)n1. The standard InChI is InChI=1S/C12H20N4O2/c1-9-13-11(18-14-9)8-16-6-4-10(5-7-16)12(17)15(2)3/h10H,4-8H2,1-3H3. The Morgan fingerprint density at radius 3 is 2.61 bits per heavy atom. The number of aryl methyl sites for hydroxylation is 1. The van der Waals surface area contributed by atoms with Crippen LogP contribution in [0, 0.1) is 12.8 Å². The molecule has 18 heavy (non-hydrogen) atoms. The Morgan fingerprint density at radius 1 is 1.44 bits per heavy atom. The van der Waals surface area contributed by atoms with E-state index in [-0.39, 0.29) is 11.8 Å². The average Bonchev–Trinajstić information content (AvgIpc) is 2.75. The third-order valence-corrected chi connectivity index (χ3v) is 3.31. The Kier molecular flexibility index (Phi) is 3.96. The minimum absolute atomic E-state index is 0.167. The maximum Gasteiger partial charge on any atom is 0.240 e. The summed E-state index contributed by atoms with van der Waals surface area (Å²) in [4.78, 5) is 20.0. The molecule has 1 aliphatic heterocycles. The van der Waals surface area contributed by atoms with Crippen LogP contribution < -0.4 is 0 Å². The van der Waals surface area contributed by atoms with E-state index in [0.29, 0.717) is 18.3 Å². The van der Waals surface area contributed by atoms with Crippen LogP contribution in [0.1, 0.15) is 24.6 Å². The van der Waals surface area contributed by atoms with Crippen molar-refractivity contribution in [2.75, 3.05) is 27.2 Å². The summed E-state index contributed by atoms with van der Waals surface area (Å²) >= 11 is 0. The van der Waals surface area contributed by atoms with Gasteiger partial charge in [0.1, 0.15) is 0 Å². The van der Waals surface area contributed by atoms with Gasteiger partial charge in [0.25, 0.3) is 0 Å². The number of rotatable bonds is 3. The highest BCUT2D eigenvalue weighted by atomic mass is 16.5. The van der Waals surface area contributed by atoms with Gasteiger partial charge in [0.2, 0.25) is 11.8 Å². The van der Waals surface area contributed by atoms with Gasteiger partial charge in [-0.3, -0.25) is 9.69 Å². The summed E-state index contributed by atoms with van der Waals surface area (Å²) in [6, 6.07) is 0. The summed E-state index contributed by atoms with van der Waals surface area (Å²) < 4.78 is 5.10. The highest BCUT2D eigenvalue weighted by Crippen LogP contribution is 2.20. The number of amides is 1. The zero-order chi connectivity index (χ0) is 13.1. The zero-order valence-corrected chi connectivity index (χ0v) is 11.2. The predicted molar refractivity (Wildman–Crippen MR) is 65.7 cm³/mol. The molecule has 6 nitrogen and oxygen atoms in total. The lowest BCUT2D eigenvalue weighted by molar-refractivity contribution is -0.134. The molecule has 0 saturated carbocycles. The lowest BCUT2D eigenvalue weighted by Crippen LogP contribution is -2.39. The molecule has 1 fully saturated rings. The van der Waals surface area contributed by atoms with Crippen molar-refractivity contribution in [2.45, 2.75) is 26.3 Å². The molecule has 1 amide bonds. The Labute approximate surface area is 107 Å². The minimum Gasteiger partial charge on any atom is -0.349 e. The summed E-state index contributed by atoms with van der Waals surface area (Å²) in [5, 5.41) is 3.77. The summed E-state index contributed by atoms with van der Waals surface area (Å²) in [5.74, 6) is 1.73. The molecule has 0 N–H and O–H groups in total. The fourth-order valence-electron chi connectivity index (χ4n) is 2.30. The van der Waals surface area contributed by atoms with Crippen LogP contribution in [0.4, 0.5) is 0 Å². The van der Waals surface area contributed by atoms with E-state index in [2.05, 4.69) is 15.0 Å². The highest BCUT2D eigenvalue weighted by molar-refractivity contribution is 5.78. The number of nitrogens with zero attached hydrogens (tertiary/aromatic N) is 4. The molecule has 0 aliphatic carbocycles. The molecule has 0 spiro atoms. The van der Waals surface area contributed by atoms with E-state index < -0.39 is 0 Å². The van der Waals surface area contributed by atoms with Crippen molar-refractivity contribution < 1.29 is 9.32 Å². The van der Waals surface area contributed by atoms with Gasteiger partial charge in [-0.05, 0) is 32.9 Å². The van der Waals surface area contributed by atoms with E-state index >= 15 is 0 Å². The van der Waals surface area contributed by atoms with E-state index in [1.54, 1.807) is 4.90 Å². The number of likely N-dealkylation sites (tertiary alicyclic amines) is 1. The summed E-state index contributed by atoms with van der Waals surface area (Å²) in [6.07, 6.45) is 1.81. The Balaban J connectivity index is 1.82. The quantitative estimate of drug-likeness (QED) is 0.791. The highest BCUT2D eigenvalue weighted by Gasteiger charge is 2.26. The molecule has 0 unspecified atom stereocenters. The molecule has 0 bridgehead atoms. The third-order valence-electron chi connectivity index (χ3n) is 3.31. The van der Waals surface area contributed by atoms with Crippen molar-refractivity contribution >= 4 is 5.91 Å². The molecule has 6 heteroatoms. The number of carbonyl (C=O) groups excluding carboxylic acids is 1. The molecule has 1 saturated heterocycles. The second-order valence-corrected chi connectivity index (χ2v) is 5.02. The van der Waals surface area contributed by atoms with Gasteiger partial charge in [0, 0.05) is 20.0 Å². The number of piperidine rings is 1. The van der Waals surface area contributed by atoms with Crippen LogP contribution in [0.15, 0.2) is 4.52 Å². The number of hydrogen-bond donors (Lipinski definition) is 0. The van der Waals surface area contributed by atoms with Crippen LogP contribution in [0.2, 0.25) is 0 Å².